The van der Waals surface area contributed by atoms with Gasteiger partial charge in [0.15, 0.2) is 0 Å². The van der Waals surface area contributed by atoms with Crippen molar-refractivity contribution >= 4 is 22.7 Å². The topological polar surface area (TPSA) is 6.48 Å². The molecule has 2 heteroatoms. The molecule has 0 aliphatic heterocycles. The molecule has 0 bridgehead atoms. The van der Waals surface area contributed by atoms with Crippen LogP contribution in [0.25, 0.3) is 0 Å². The molecule has 0 saturated carbocycles. The molecule has 0 heterocycles. The highest BCUT2D eigenvalue weighted by Gasteiger charge is 2.21. The summed E-state index contributed by atoms with van der Waals surface area (Å²) in [5.74, 6) is 0.924. The zero-order valence-corrected chi connectivity index (χ0v) is 23.4. The van der Waals surface area contributed by atoms with Crippen LogP contribution < -0.4 is 9.80 Å². The van der Waals surface area contributed by atoms with Crippen molar-refractivity contribution in [3.8, 4) is 0 Å². The molecule has 1 unspecified atom stereocenters. The molecule has 0 aromatic heterocycles. The monoisotopic (exact) mass is 490 g/mol. The van der Waals surface area contributed by atoms with Gasteiger partial charge in [-0.2, -0.15) is 0 Å². The Kier molecular flexibility index (Phi) is 8.71. The number of anilines is 4. The van der Waals surface area contributed by atoms with Crippen LogP contribution in [0.5, 0.6) is 0 Å². The van der Waals surface area contributed by atoms with E-state index in [-0.39, 0.29) is 0 Å². The Bertz CT molecular complexity index is 1140. The van der Waals surface area contributed by atoms with Gasteiger partial charge < -0.3 is 9.80 Å². The van der Waals surface area contributed by atoms with Gasteiger partial charge in [0.25, 0.3) is 0 Å². The maximum absolute atomic E-state index is 2.38. The summed E-state index contributed by atoms with van der Waals surface area (Å²) in [6.07, 6.45) is 1.14. The van der Waals surface area contributed by atoms with Gasteiger partial charge in [0.2, 0.25) is 0 Å². The standard InChI is InChI=1S/C35H42N2/c1-7-28(6)35(29-14-22-33(23-15-29)36(8-2)31-18-10-26(4)11-19-31)30-16-24-34(25-17-30)37(9-3)32-20-12-27(5)13-21-32/h10-25,28,35H,7-9H2,1-6H3. The number of rotatable bonds is 10. The Morgan fingerprint density at radius 2 is 0.784 bits per heavy atom. The molecule has 0 N–H and O–H groups in total. The molecule has 0 radical (unpaired) electrons. The third kappa shape index (κ3) is 6.07. The van der Waals surface area contributed by atoms with Crippen molar-refractivity contribution in [2.75, 3.05) is 22.9 Å². The van der Waals surface area contributed by atoms with Crippen molar-refractivity contribution in [2.45, 2.75) is 53.9 Å². The third-order valence-electron chi connectivity index (χ3n) is 7.66. The fraction of sp³-hybridized carbons (Fsp3) is 0.314. The second-order valence-corrected chi connectivity index (χ2v) is 10.2. The van der Waals surface area contributed by atoms with Crippen LogP contribution in [0.4, 0.5) is 22.7 Å². The second-order valence-electron chi connectivity index (χ2n) is 10.2. The summed E-state index contributed by atoms with van der Waals surface area (Å²) in [4.78, 5) is 4.75. The van der Waals surface area contributed by atoms with Crippen LogP contribution in [0.15, 0.2) is 97.1 Å². The van der Waals surface area contributed by atoms with Crippen LogP contribution in [0, 0.1) is 19.8 Å². The van der Waals surface area contributed by atoms with Crippen molar-refractivity contribution < 1.29 is 0 Å². The smallest absolute Gasteiger partial charge is 0.0410 e. The van der Waals surface area contributed by atoms with Gasteiger partial charge >= 0.3 is 0 Å². The zero-order chi connectivity index (χ0) is 26.4. The average molecular weight is 491 g/mol. The molecule has 1 atom stereocenters. The first-order valence-corrected chi connectivity index (χ1v) is 13.8. The van der Waals surface area contributed by atoms with E-state index in [1.165, 1.54) is 45.0 Å². The summed E-state index contributed by atoms with van der Waals surface area (Å²) in [7, 11) is 0. The predicted octanol–water partition coefficient (Wildman–Crippen LogP) is 9.80. The largest absolute Gasteiger partial charge is 0.342 e. The van der Waals surface area contributed by atoms with Crippen LogP contribution in [0.1, 0.15) is 62.3 Å². The minimum absolute atomic E-state index is 0.372. The van der Waals surface area contributed by atoms with Crippen molar-refractivity contribution in [1.29, 1.82) is 0 Å². The van der Waals surface area contributed by atoms with Crippen LogP contribution in [0.3, 0.4) is 0 Å². The number of hydrogen-bond acceptors (Lipinski definition) is 2. The van der Waals surface area contributed by atoms with Gasteiger partial charge in [0.1, 0.15) is 0 Å². The van der Waals surface area contributed by atoms with Gasteiger partial charge in [0.05, 0.1) is 0 Å². The average Bonchev–Trinajstić information content (AvgIpc) is 2.93. The number of aryl methyl sites for hydroxylation is 2. The van der Waals surface area contributed by atoms with Crippen LogP contribution in [0.2, 0.25) is 0 Å². The summed E-state index contributed by atoms with van der Waals surface area (Å²) >= 11 is 0. The van der Waals surface area contributed by atoms with E-state index in [0.717, 1.165) is 19.5 Å². The van der Waals surface area contributed by atoms with Gasteiger partial charge in [0, 0.05) is 41.8 Å². The fourth-order valence-electron chi connectivity index (χ4n) is 5.29. The Hall–Kier alpha value is -3.52. The van der Waals surface area contributed by atoms with E-state index in [9.17, 15) is 0 Å². The second kappa shape index (κ2) is 12.1. The summed E-state index contributed by atoms with van der Waals surface area (Å²) in [6, 6.07) is 36.1. The van der Waals surface area contributed by atoms with Gasteiger partial charge in [-0.3, -0.25) is 0 Å². The molecule has 192 valence electrons. The molecule has 4 aromatic rings. The van der Waals surface area contributed by atoms with E-state index >= 15 is 0 Å². The molecule has 0 aliphatic rings. The highest BCUT2D eigenvalue weighted by atomic mass is 15.1. The van der Waals surface area contributed by atoms with Crippen molar-refractivity contribution in [3.05, 3.63) is 119 Å². The summed E-state index contributed by atoms with van der Waals surface area (Å²) in [5, 5.41) is 0. The molecule has 4 aromatic carbocycles. The van der Waals surface area contributed by atoms with E-state index in [4.69, 9.17) is 0 Å². The summed E-state index contributed by atoms with van der Waals surface area (Å²) in [6.45, 7) is 15.3. The van der Waals surface area contributed by atoms with Gasteiger partial charge in [-0.25, -0.2) is 0 Å². The minimum atomic E-state index is 0.372. The molecule has 0 amide bonds. The van der Waals surface area contributed by atoms with Gasteiger partial charge in [-0.1, -0.05) is 79.9 Å². The highest BCUT2D eigenvalue weighted by Crippen LogP contribution is 2.37. The molecule has 0 fully saturated rings. The number of hydrogen-bond donors (Lipinski definition) is 0. The van der Waals surface area contributed by atoms with E-state index < -0.39 is 0 Å². The summed E-state index contributed by atoms with van der Waals surface area (Å²) < 4.78 is 0. The molecule has 37 heavy (non-hydrogen) atoms. The Balaban J connectivity index is 1.60. The quantitative estimate of drug-likeness (QED) is 0.218. The lowest BCUT2D eigenvalue weighted by Gasteiger charge is -2.28. The number of benzene rings is 4. The van der Waals surface area contributed by atoms with Crippen molar-refractivity contribution in [1.82, 2.24) is 0 Å². The SMILES string of the molecule is CCC(C)C(c1ccc(N(CC)c2ccc(C)cc2)cc1)c1ccc(N(CC)c2ccc(C)cc2)cc1. The first kappa shape index (κ1) is 26.5. The molecular formula is C35H42N2. The summed E-state index contributed by atoms with van der Waals surface area (Å²) in [5.41, 5.74) is 10.3. The maximum Gasteiger partial charge on any atom is 0.0410 e. The van der Waals surface area contributed by atoms with Gasteiger partial charge in [-0.05, 0) is 93.3 Å². The van der Waals surface area contributed by atoms with Crippen LogP contribution in [-0.4, -0.2) is 13.1 Å². The normalized spacial score (nSPS) is 12.0. The molecule has 2 nitrogen and oxygen atoms in total. The molecule has 4 rings (SSSR count). The van der Waals surface area contributed by atoms with E-state index in [0.29, 0.717) is 11.8 Å². The minimum Gasteiger partial charge on any atom is -0.342 e. The van der Waals surface area contributed by atoms with Crippen LogP contribution >= 0.6 is 0 Å². The van der Waals surface area contributed by atoms with Crippen molar-refractivity contribution in [2.24, 2.45) is 5.92 Å². The van der Waals surface area contributed by atoms with E-state index in [1.807, 2.05) is 0 Å². The fourth-order valence-corrected chi connectivity index (χ4v) is 5.29. The lowest BCUT2D eigenvalue weighted by atomic mass is 9.80. The lowest BCUT2D eigenvalue weighted by molar-refractivity contribution is 0.496. The Morgan fingerprint density at radius 3 is 1.05 bits per heavy atom. The Labute approximate surface area is 224 Å². The van der Waals surface area contributed by atoms with E-state index in [1.54, 1.807) is 0 Å². The Morgan fingerprint density at radius 1 is 0.486 bits per heavy atom. The molecule has 0 saturated heterocycles. The highest BCUT2D eigenvalue weighted by molar-refractivity contribution is 5.65. The number of nitrogens with zero attached hydrogens (tertiary/aromatic N) is 2. The van der Waals surface area contributed by atoms with Crippen molar-refractivity contribution in [3.63, 3.8) is 0 Å². The van der Waals surface area contributed by atoms with E-state index in [2.05, 4.69) is 148 Å². The first-order chi connectivity index (χ1) is 17.9. The van der Waals surface area contributed by atoms with Crippen LogP contribution in [-0.2, 0) is 0 Å². The molecule has 0 spiro atoms. The van der Waals surface area contributed by atoms with Gasteiger partial charge in [-0.15, -0.1) is 0 Å². The predicted molar refractivity (Wildman–Crippen MR) is 162 cm³/mol. The molecule has 0 aliphatic carbocycles. The maximum atomic E-state index is 2.38. The first-order valence-electron chi connectivity index (χ1n) is 13.8. The molecular weight excluding hydrogens is 448 g/mol. The zero-order valence-electron chi connectivity index (χ0n) is 23.4. The third-order valence-corrected chi connectivity index (χ3v) is 7.66. The lowest BCUT2D eigenvalue weighted by Crippen LogP contribution is -2.17.